The Bertz CT molecular complexity index is 351. The molecular formula is C16H30N2O3. The third-order valence-corrected chi connectivity index (χ3v) is 4.66. The smallest absolute Gasteiger partial charge is 0.316 e. The van der Waals surface area contributed by atoms with Crippen LogP contribution < -0.4 is 11.5 Å². The summed E-state index contributed by atoms with van der Waals surface area (Å²) in [4.78, 5) is 23.9. The maximum atomic E-state index is 12.0. The van der Waals surface area contributed by atoms with Gasteiger partial charge in [0.1, 0.15) is 0 Å². The fourth-order valence-corrected chi connectivity index (χ4v) is 3.03. The Morgan fingerprint density at radius 1 is 1.24 bits per heavy atom. The molecule has 0 amide bonds. The first-order chi connectivity index (χ1) is 9.92. The molecule has 0 radical (unpaired) electrons. The monoisotopic (exact) mass is 298 g/mol. The maximum Gasteiger partial charge on any atom is 0.316 e. The summed E-state index contributed by atoms with van der Waals surface area (Å²) in [5, 5.41) is 0. The number of hydrogen-bond donors (Lipinski definition) is 2. The van der Waals surface area contributed by atoms with Gasteiger partial charge in [0.05, 0.1) is 12.3 Å². The summed E-state index contributed by atoms with van der Waals surface area (Å²) >= 11 is 0. The largest absolute Gasteiger partial charge is 0.393 e. The normalized spacial score (nSPS) is 20.6. The summed E-state index contributed by atoms with van der Waals surface area (Å²) in [7, 11) is 0. The molecule has 0 aliphatic heterocycles. The molecule has 0 bridgehead atoms. The molecule has 1 fully saturated rings. The zero-order valence-corrected chi connectivity index (χ0v) is 13.4. The predicted molar refractivity (Wildman–Crippen MR) is 82.3 cm³/mol. The Balaban J connectivity index is 2.46. The Morgan fingerprint density at radius 2 is 1.86 bits per heavy atom. The van der Waals surface area contributed by atoms with Gasteiger partial charge in [0.25, 0.3) is 0 Å². The van der Waals surface area contributed by atoms with Crippen LogP contribution >= 0.6 is 0 Å². The van der Waals surface area contributed by atoms with Crippen LogP contribution in [0.15, 0.2) is 0 Å². The van der Waals surface area contributed by atoms with Crippen molar-refractivity contribution in [3.05, 3.63) is 0 Å². The molecule has 5 nitrogen and oxygen atoms in total. The van der Waals surface area contributed by atoms with E-state index in [1.807, 2.05) is 6.92 Å². The highest BCUT2D eigenvalue weighted by molar-refractivity contribution is 5.86. The molecular weight excluding hydrogens is 268 g/mol. The van der Waals surface area contributed by atoms with E-state index in [9.17, 15) is 9.59 Å². The van der Waals surface area contributed by atoms with E-state index < -0.39 is 11.9 Å². The van der Waals surface area contributed by atoms with Gasteiger partial charge in [0, 0.05) is 6.04 Å². The molecule has 1 saturated carbocycles. The van der Waals surface area contributed by atoms with Gasteiger partial charge in [-0.05, 0) is 37.6 Å². The second-order valence-corrected chi connectivity index (χ2v) is 6.54. The average Bonchev–Trinajstić information content (AvgIpc) is 2.47. The number of rotatable bonds is 7. The van der Waals surface area contributed by atoms with E-state index >= 15 is 0 Å². The summed E-state index contributed by atoms with van der Waals surface area (Å²) in [6, 6.07) is -0.0311. The fraction of sp³-hybridized carbons (Fsp3) is 0.875. The first-order valence-corrected chi connectivity index (χ1v) is 8.12. The molecule has 0 aromatic rings. The van der Waals surface area contributed by atoms with Gasteiger partial charge in [0.2, 0.25) is 0 Å². The zero-order valence-electron chi connectivity index (χ0n) is 13.4. The molecule has 5 heteroatoms. The van der Waals surface area contributed by atoms with Crippen molar-refractivity contribution in [3.8, 4) is 0 Å². The van der Waals surface area contributed by atoms with Crippen molar-refractivity contribution in [1.82, 2.24) is 0 Å². The van der Waals surface area contributed by atoms with E-state index in [0.29, 0.717) is 13.0 Å². The van der Waals surface area contributed by atoms with Crippen LogP contribution in [0.25, 0.3) is 0 Å². The molecule has 2 atom stereocenters. The Morgan fingerprint density at radius 3 is 2.38 bits per heavy atom. The molecule has 4 N–H and O–H groups in total. The molecule has 0 saturated heterocycles. The topological polar surface area (TPSA) is 95.4 Å². The number of ether oxygens (including phenoxy) is 1. The SMILES string of the molecule is CCC(N)CC(C)C(=O)OC(=O)CC1(CN)CCCCC1. The number of carbonyl (C=O) groups excluding carboxylic acids is 2. The highest BCUT2D eigenvalue weighted by Gasteiger charge is 2.34. The summed E-state index contributed by atoms with van der Waals surface area (Å²) in [5.41, 5.74) is 11.5. The van der Waals surface area contributed by atoms with Crippen molar-refractivity contribution in [1.29, 1.82) is 0 Å². The minimum atomic E-state index is -0.466. The van der Waals surface area contributed by atoms with E-state index in [0.717, 1.165) is 32.1 Å². The van der Waals surface area contributed by atoms with Crippen LogP contribution in [0.4, 0.5) is 0 Å². The van der Waals surface area contributed by atoms with Crippen molar-refractivity contribution in [2.24, 2.45) is 22.8 Å². The van der Waals surface area contributed by atoms with Crippen molar-refractivity contribution in [2.75, 3.05) is 6.54 Å². The predicted octanol–water partition coefficient (Wildman–Crippen LogP) is 2.12. The quantitative estimate of drug-likeness (QED) is 0.554. The summed E-state index contributed by atoms with van der Waals surface area (Å²) in [6.45, 7) is 4.21. The second kappa shape index (κ2) is 8.49. The van der Waals surface area contributed by atoms with Crippen LogP contribution in [0, 0.1) is 11.3 Å². The minimum Gasteiger partial charge on any atom is -0.393 e. The van der Waals surface area contributed by atoms with Crippen LogP contribution in [0.2, 0.25) is 0 Å². The number of carbonyl (C=O) groups is 2. The fourth-order valence-electron chi connectivity index (χ4n) is 3.03. The van der Waals surface area contributed by atoms with E-state index in [1.54, 1.807) is 6.92 Å². The van der Waals surface area contributed by atoms with Crippen LogP contribution in [0.3, 0.4) is 0 Å². The van der Waals surface area contributed by atoms with Crippen LogP contribution in [-0.2, 0) is 14.3 Å². The van der Waals surface area contributed by atoms with Crippen molar-refractivity contribution in [3.63, 3.8) is 0 Å². The third-order valence-electron chi connectivity index (χ3n) is 4.66. The van der Waals surface area contributed by atoms with Crippen LogP contribution in [-0.4, -0.2) is 24.5 Å². The number of hydrogen-bond acceptors (Lipinski definition) is 5. The van der Waals surface area contributed by atoms with E-state index in [-0.39, 0.29) is 23.8 Å². The molecule has 0 spiro atoms. The van der Waals surface area contributed by atoms with Gasteiger partial charge in [-0.2, -0.15) is 0 Å². The lowest BCUT2D eigenvalue weighted by atomic mass is 9.72. The van der Waals surface area contributed by atoms with E-state index in [1.165, 1.54) is 6.42 Å². The molecule has 1 aliphatic carbocycles. The maximum absolute atomic E-state index is 12.0. The Labute approximate surface area is 127 Å². The zero-order chi connectivity index (χ0) is 15.9. The summed E-state index contributed by atoms with van der Waals surface area (Å²) in [6.07, 6.45) is 6.89. The lowest BCUT2D eigenvalue weighted by Gasteiger charge is -2.35. The molecule has 2 unspecified atom stereocenters. The van der Waals surface area contributed by atoms with E-state index in [4.69, 9.17) is 16.2 Å². The highest BCUT2D eigenvalue weighted by atomic mass is 16.6. The second-order valence-electron chi connectivity index (χ2n) is 6.54. The summed E-state index contributed by atoms with van der Waals surface area (Å²) < 4.78 is 5.00. The molecule has 21 heavy (non-hydrogen) atoms. The lowest BCUT2D eigenvalue weighted by molar-refractivity contribution is -0.164. The van der Waals surface area contributed by atoms with Gasteiger partial charge < -0.3 is 16.2 Å². The van der Waals surface area contributed by atoms with Crippen molar-refractivity contribution in [2.45, 2.75) is 71.3 Å². The van der Waals surface area contributed by atoms with Gasteiger partial charge in [-0.25, -0.2) is 0 Å². The molecule has 1 aliphatic rings. The van der Waals surface area contributed by atoms with Gasteiger partial charge in [0.15, 0.2) is 0 Å². The van der Waals surface area contributed by atoms with Crippen LogP contribution in [0.5, 0.6) is 0 Å². The molecule has 1 rings (SSSR count). The lowest BCUT2D eigenvalue weighted by Crippen LogP contribution is -2.36. The molecule has 122 valence electrons. The Kier molecular flexibility index (Phi) is 7.32. The van der Waals surface area contributed by atoms with Gasteiger partial charge in [-0.15, -0.1) is 0 Å². The third kappa shape index (κ3) is 5.75. The number of nitrogens with two attached hydrogens (primary N) is 2. The molecule has 0 aromatic carbocycles. The molecule has 0 heterocycles. The minimum absolute atomic E-state index is 0.0311. The van der Waals surface area contributed by atoms with Gasteiger partial charge >= 0.3 is 11.9 Å². The average molecular weight is 298 g/mol. The summed E-state index contributed by atoms with van der Waals surface area (Å²) in [5.74, 6) is -1.25. The van der Waals surface area contributed by atoms with Crippen LogP contribution in [0.1, 0.15) is 65.2 Å². The first kappa shape index (κ1) is 18.1. The molecule has 0 aromatic heterocycles. The standard InChI is InChI=1S/C16H30N2O3/c1-3-13(18)9-12(2)15(20)21-14(19)10-16(11-17)7-5-4-6-8-16/h12-13H,3-11,17-18H2,1-2H3. The van der Waals surface area contributed by atoms with Crippen molar-refractivity contribution < 1.29 is 14.3 Å². The van der Waals surface area contributed by atoms with Gasteiger partial charge in [-0.1, -0.05) is 33.1 Å². The van der Waals surface area contributed by atoms with Crippen molar-refractivity contribution >= 4 is 11.9 Å². The van der Waals surface area contributed by atoms with Gasteiger partial charge in [-0.3, -0.25) is 9.59 Å². The first-order valence-electron chi connectivity index (χ1n) is 8.12. The Hall–Kier alpha value is -0.940. The number of esters is 2. The van der Waals surface area contributed by atoms with E-state index in [2.05, 4.69) is 0 Å². The highest BCUT2D eigenvalue weighted by Crippen LogP contribution is 2.38.